The minimum Gasteiger partial charge on any atom is -0.490 e. The third-order valence-corrected chi connectivity index (χ3v) is 3.88. The molecule has 0 spiro atoms. The van der Waals surface area contributed by atoms with Crippen LogP contribution in [0.25, 0.3) is 0 Å². The molecule has 0 bridgehead atoms. The number of nitrogens with two attached hydrogens (primary N) is 1. The fourth-order valence-electron chi connectivity index (χ4n) is 2.67. The van der Waals surface area contributed by atoms with Gasteiger partial charge in [-0.05, 0) is 49.4 Å². The minimum atomic E-state index is -0.130. The summed E-state index contributed by atoms with van der Waals surface area (Å²) in [6.45, 7) is 3.57. The smallest absolute Gasteiger partial charge is 0.161 e. The van der Waals surface area contributed by atoms with Gasteiger partial charge in [0.15, 0.2) is 11.5 Å². The van der Waals surface area contributed by atoms with E-state index >= 15 is 0 Å². The van der Waals surface area contributed by atoms with Gasteiger partial charge in [-0.25, -0.2) is 0 Å². The van der Waals surface area contributed by atoms with Crippen LogP contribution in [0.5, 0.6) is 11.5 Å². The van der Waals surface area contributed by atoms with Crippen LogP contribution >= 0.6 is 0 Å². The van der Waals surface area contributed by atoms with Gasteiger partial charge in [-0.1, -0.05) is 0 Å². The highest BCUT2D eigenvalue weighted by Crippen LogP contribution is 2.44. The first kappa shape index (κ1) is 10.9. The second-order valence-electron chi connectivity index (χ2n) is 5.17. The van der Waals surface area contributed by atoms with Crippen molar-refractivity contribution in [3.8, 4) is 11.5 Å². The molecule has 3 heteroatoms. The summed E-state index contributed by atoms with van der Waals surface area (Å²) in [6.07, 6.45) is 4.32. The standard InChI is InChI=1S/C14H19NO2/c1-10-8-12-13(17-7-3-6-16-12)9-11(10)14(15)4-2-5-14/h8-9H,2-7,15H2,1H3. The van der Waals surface area contributed by atoms with Crippen LogP contribution in [-0.2, 0) is 5.54 Å². The summed E-state index contributed by atoms with van der Waals surface area (Å²) in [5.74, 6) is 1.73. The topological polar surface area (TPSA) is 44.5 Å². The maximum absolute atomic E-state index is 6.40. The molecule has 0 amide bonds. The third kappa shape index (κ3) is 1.78. The quantitative estimate of drug-likeness (QED) is 0.810. The second-order valence-corrected chi connectivity index (χ2v) is 5.17. The Kier molecular flexibility index (Phi) is 2.51. The minimum absolute atomic E-state index is 0.130. The number of benzene rings is 1. The number of ether oxygens (including phenoxy) is 2. The van der Waals surface area contributed by atoms with Gasteiger partial charge >= 0.3 is 0 Å². The van der Waals surface area contributed by atoms with Crippen molar-refractivity contribution in [2.75, 3.05) is 13.2 Å². The van der Waals surface area contributed by atoms with Gasteiger partial charge in [0.2, 0.25) is 0 Å². The van der Waals surface area contributed by atoms with E-state index < -0.39 is 0 Å². The van der Waals surface area contributed by atoms with Crippen LogP contribution in [0.3, 0.4) is 0 Å². The highest BCUT2D eigenvalue weighted by molar-refractivity contribution is 5.50. The van der Waals surface area contributed by atoms with Crippen molar-refractivity contribution in [1.29, 1.82) is 0 Å². The number of fused-ring (bicyclic) bond motifs is 1. The molecule has 92 valence electrons. The lowest BCUT2D eigenvalue weighted by molar-refractivity contribution is 0.250. The van der Waals surface area contributed by atoms with Crippen molar-refractivity contribution in [1.82, 2.24) is 0 Å². The number of hydrogen-bond donors (Lipinski definition) is 1. The van der Waals surface area contributed by atoms with E-state index in [4.69, 9.17) is 15.2 Å². The van der Waals surface area contributed by atoms with Crippen LogP contribution in [0, 0.1) is 6.92 Å². The van der Waals surface area contributed by atoms with Gasteiger partial charge in [-0.2, -0.15) is 0 Å². The maximum Gasteiger partial charge on any atom is 0.161 e. The predicted molar refractivity (Wildman–Crippen MR) is 66.5 cm³/mol. The molecule has 1 aliphatic carbocycles. The van der Waals surface area contributed by atoms with Crippen molar-refractivity contribution in [2.24, 2.45) is 5.73 Å². The summed E-state index contributed by atoms with van der Waals surface area (Å²) < 4.78 is 11.4. The zero-order valence-electron chi connectivity index (χ0n) is 10.3. The van der Waals surface area contributed by atoms with Gasteiger partial charge in [0.1, 0.15) is 0 Å². The summed E-state index contributed by atoms with van der Waals surface area (Å²) in [6, 6.07) is 4.16. The Labute approximate surface area is 102 Å². The van der Waals surface area contributed by atoms with Gasteiger partial charge in [-0.3, -0.25) is 0 Å². The highest BCUT2D eigenvalue weighted by atomic mass is 16.5. The van der Waals surface area contributed by atoms with E-state index in [2.05, 4.69) is 19.1 Å². The molecule has 1 aliphatic heterocycles. The zero-order chi connectivity index (χ0) is 11.9. The van der Waals surface area contributed by atoms with E-state index in [0.29, 0.717) is 0 Å². The lowest BCUT2D eigenvalue weighted by Gasteiger charge is -2.39. The largest absolute Gasteiger partial charge is 0.490 e. The first-order valence-electron chi connectivity index (χ1n) is 6.39. The van der Waals surface area contributed by atoms with Crippen LogP contribution in [0.4, 0.5) is 0 Å². The summed E-state index contributed by atoms with van der Waals surface area (Å²) in [7, 11) is 0. The van der Waals surface area contributed by atoms with E-state index in [1.54, 1.807) is 0 Å². The molecule has 0 unspecified atom stereocenters. The zero-order valence-corrected chi connectivity index (χ0v) is 10.3. The van der Waals surface area contributed by atoms with Crippen molar-refractivity contribution in [3.05, 3.63) is 23.3 Å². The lowest BCUT2D eigenvalue weighted by atomic mass is 9.71. The Morgan fingerprint density at radius 2 is 1.71 bits per heavy atom. The molecule has 1 saturated carbocycles. The molecule has 1 heterocycles. The summed E-state index contributed by atoms with van der Waals surface area (Å²) in [4.78, 5) is 0. The highest BCUT2D eigenvalue weighted by Gasteiger charge is 2.36. The monoisotopic (exact) mass is 233 g/mol. The average Bonchev–Trinajstić information content (AvgIpc) is 2.49. The Balaban J connectivity index is 2.02. The second kappa shape index (κ2) is 3.91. The molecule has 2 aliphatic rings. The summed E-state index contributed by atoms with van der Waals surface area (Å²) in [5, 5.41) is 0. The van der Waals surface area contributed by atoms with E-state index in [1.807, 2.05) is 0 Å². The van der Waals surface area contributed by atoms with Crippen LogP contribution in [0.2, 0.25) is 0 Å². The van der Waals surface area contributed by atoms with Crippen molar-refractivity contribution in [3.63, 3.8) is 0 Å². The molecule has 3 rings (SSSR count). The molecule has 0 atom stereocenters. The summed E-state index contributed by atoms with van der Waals surface area (Å²) >= 11 is 0. The molecule has 17 heavy (non-hydrogen) atoms. The molecular formula is C14H19NO2. The SMILES string of the molecule is Cc1cc2c(cc1C1(N)CCC1)OCCCO2. The van der Waals surface area contributed by atoms with Crippen molar-refractivity contribution in [2.45, 2.75) is 38.1 Å². The fourth-order valence-corrected chi connectivity index (χ4v) is 2.67. The van der Waals surface area contributed by atoms with Gasteiger partial charge in [0.05, 0.1) is 13.2 Å². The molecular weight excluding hydrogens is 214 g/mol. The van der Waals surface area contributed by atoms with Crippen LogP contribution in [0.15, 0.2) is 12.1 Å². The van der Waals surface area contributed by atoms with Crippen LogP contribution in [-0.4, -0.2) is 13.2 Å². The average molecular weight is 233 g/mol. The predicted octanol–water partition coefficient (Wildman–Crippen LogP) is 2.49. The van der Waals surface area contributed by atoms with Gasteiger partial charge in [0, 0.05) is 12.0 Å². The molecule has 0 saturated heterocycles. The van der Waals surface area contributed by atoms with E-state index in [1.165, 1.54) is 17.5 Å². The molecule has 3 nitrogen and oxygen atoms in total. The molecule has 1 aromatic rings. The van der Waals surface area contributed by atoms with Crippen molar-refractivity contribution < 1.29 is 9.47 Å². The van der Waals surface area contributed by atoms with E-state index in [0.717, 1.165) is 44.0 Å². The van der Waals surface area contributed by atoms with Gasteiger partial charge < -0.3 is 15.2 Å². The van der Waals surface area contributed by atoms with Crippen molar-refractivity contribution >= 4 is 0 Å². The number of rotatable bonds is 1. The molecule has 1 fully saturated rings. The fraction of sp³-hybridized carbons (Fsp3) is 0.571. The molecule has 0 aromatic heterocycles. The number of hydrogen-bond acceptors (Lipinski definition) is 3. The third-order valence-electron chi connectivity index (χ3n) is 3.88. The normalized spacial score (nSPS) is 21.5. The first-order valence-corrected chi connectivity index (χ1v) is 6.39. The Morgan fingerprint density at radius 3 is 2.29 bits per heavy atom. The molecule has 2 N–H and O–H groups in total. The van der Waals surface area contributed by atoms with E-state index in [9.17, 15) is 0 Å². The van der Waals surface area contributed by atoms with Gasteiger partial charge in [0.25, 0.3) is 0 Å². The van der Waals surface area contributed by atoms with Gasteiger partial charge in [-0.15, -0.1) is 0 Å². The maximum atomic E-state index is 6.40. The van der Waals surface area contributed by atoms with Crippen LogP contribution < -0.4 is 15.2 Å². The molecule has 1 aromatic carbocycles. The van der Waals surface area contributed by atoms with E-state index in [-0.39, 0.29) is 5.54 Å². The summed E-state index contributed by atoms with van der Waals surface area (Å²) in [5.41, 5.74) is 8.72. The Hall–Kier alpha value is -1.22. The first-order chi connectivity index (χ1) is 8.19. The Morgan fingerprint density at radius 1 is 1.06 bits per heavy atom. The number of aryl methyl sites for hydroxylation is 1. The molecule has 0 radical (unpaired) electrons. The van der Waals surface area contributed by atoms with Crippen LogP contribution in [0.1, 0.15) is 36.8 Å². The lowest BCUT2D eigenvalue weighted by Crippen LogP contribution is -2.43. The Bertz CT molecular complexity index is 438.